The number of nitrogens with one attached hydrogen (secondary N) is 2. The lowest BCUT2D eigenvalue weighted by Gasteiger charge is -2.28. The van der Waals surface area contributed by atoms with Gasteiger partial charge in [0.25, 0.3) is 0 Å². The predicted molar refractivity (Wildman–Crippen MR) is 93.2 cm³/mol. The molecule has 5 nitrogen and oxygen atoms in total. The fourth-order valence-electron chi connectivity index (χ4n) is 1.83. The van der Waals surface area contributed by atoms with Crippen molar-refractivity contribution in [1.82, 2.24) is 10.6 Å². The monoisotopic (exact) mass is 342 g/mol. The molecule has 0 heterocycles. The molecule has 0 unspecified atom stereocenters. The number of carbonyl (C=O) groups excluding carboxylic acids is 1. The van der Waals surface area contributed by atoms with Gasteiger partial charge in [-0.1, -0.05) is 17.7 Å². The van der Waals surface area contributed by atoms with Crippen molar-refractivity contribution < 1.29 is 14.3 Å². The SMILES string of the molecule is COc1ccc(CNC(C)(C)CNC(=O)OC(C)(C)C)cc1Cl. The average molecular weight is 343 g/mol. The van der Waals surface area contributed by atoms with Crippen molar-refractivity contribution in [3.63, 3.8) is 0 Å². The van der Waals surface area contributed by atoms with E-state index in [-0.39, 0.29) is 5.54 Å². The fraction of sp³-hybridized carbons (Fsp3) is 0.588. The molecule has 0 aliphatic carbocycles. The Balaban J connectivity index is 2.49. The third-order valence-corrected chi connectivity index (χ3v) is 3.36. The largest absolute Gasteiger partial charge is 0.495 e. The molecule has 0 aliphatic heterocycles. The van der Waals surface area contributed by atoms with Crippen molar-refractivity contribution in [2.24, 2.45) is 0 Å². The van der Waals surface area contributed by atoms with Crippen LogP contribution in [0.15, 0.2) is 18.2 Å². The number of carbonyl (C=O) groups is 1. The molecule has 0 atom stereocenters. The standard InChI is InChI=1S/C17H27ClN2O3/c1-16(2,3)23-15(21)19-11-17(4,5)20-10-12-7-8-14(22-6)13(18)9-12/h7-9,20H,10-11H2,1-6H3,(H,19,21). The molecule has 130 valence electrons. The Hall–Kier alpha value is -1.46. The molecule has 0 aromatic heterocycles. The summed E-state index contributed by atoms with van der Waals surface area (Å²) < 4.78 is 10.4. The highest BCUT2D eigenvalue weighted by Crippen LogP contribution is 2.25. The smallest absolute Gasteiger partial charge is 0.407 e. The van der Waals surface area contributed by atoms with Crippen LogP contribution in [0.5, 0.6) is 5.75 Å². The minimum absolute atomic E-state index is 0.288. The second-order valence-corrected chi connectivity index (χ2v) is 7.47. The molecule has 0 saturated carbocycles. The highest BCUT2D eigenvalue weighted by Gasteiger charge is 2.21. The number of alkyl carbamates (subject to hydrolysis) is 1. The van der Waals surface area contributed by atoms with Gasteiger partial charge in [-0.2, -0.15) is 0 Å². The van der Waals surface area contributed by atoms with Crippen LogP contribution in [0.2, 0.25) is 5.02 Å². The number of ether oxygens (including phenoxy) is 2. The summed E-state index contributed by atoms with van der Waals surface area (Å²) in [6, 6.07) is 5.66. The Morgan fingerprint density at radius 3 is 2.39 bits per heavy atom. The van der Waals surface area contributed by atoms with E-state index in [0.717, 1.165) is 5.56 Å². The zero-order chi connectivity index (χ0) is 17.7. The van der Waals surface area contributed by atoms with Crippen LogP contribution < -0.4 is 15.4 Å². The number of amides is 1. The summed E-state index contributed by atoms with van der Waals surface area (Å²) in [5.74, 6) is 0.654. The first-order chi connectivity index (χ1) is 10.5. The van der Waals surface area contributed by atoms with Gasteiger partial charge in [0.1, 0.15) is 11.4 Å². The molecular weight excluding hydrogens is 316 g/mol. The van der Waals surface area contributed by atoms with E-state index >= 15 is 0 Å². The van der Waals surface area contributed by atoms with Crippen molar-refractivity contribution in [2.45, 2.75) is 52.3 Å². The van der Waals surface area contributed by atoms with Gasteiger partial charge < -0.3 is 20.1 Å². The minimum Gasteiger partial charge on any atom is -0.495 e. The van der Waals surface area contributed by atoms with Crippen molar-refractivity contribution in [1.29, 1.82) is 0 Å². The summed E-state index contributed by atoms with van der Waals surface area (Å²) in [4.78, 5) is 11.7. The summed E-state index contributed by atoms with van der Waals surface area (Å²) in [5, 5.41) is 6.74. The van der Waals surface area contributed by atoms with Gasteiger partial charge in [-0.15, -0.1) is 0 Å². The maximum atomic E-state index is 11.7. The molecule has 0 bridgehead atoms. The lowest BCUT2D eigenvalue weighted by Crippen LogP contribution is -2.49. The van der Waals surface area contributed by atoms with Crippen molar-refractivity contribution in [3.8, 4) is 5.75 Å². The lowest BCUT2D eigenvalue weighted by atomic mass is 10.1. The first-order valence-corrected chi connectivity index (χ1v) is 7.94. The van der Waals surface area contributed by atoms with Gasteiger partial charge in [-0.3, -0.25) is 0 Å². The zero-order valence-electron chi connectivity index (χ0n) is 14.7. The van der Waals surface area contributed by atoms with Crippen LogP contribution >= 0.6 is 11.6 Å². The van der Waals surface area contributed by atoms with E-state index in [2.05, 4.69) is 10.6 Å². The normalized spacial score (nSPS) is 12.0. The van der Waals surface area contributed by atoms with Crippen molar-refractivity contribution in [3.05, 3.63) is 28.8 Å². The van der Waals surface area contributed by atoms with Gasteiger partial charge in [-0.25, -0.2) is 4.79 Å². The second kappa shape index (κ2) is 7.88. The third-order valence-electron chi connectivity index (χ3n) is 3.06. The van der Waals surface area contributed by atoms with Gasteiger partial charge >= 0.3 is 6.09 Å². The Bertz CT molecular complexity index is 539. The van der Waals surface area contributed by atoms with E-state index in [0.29, 0.717) is 23.9 Å². The number of rotatable bonds is 6. The highest BCUT2D eigenvalue weighted by molar-refractivity contribution is 6.32. The molecule has 1 rings (SSSR count). The molecule has 2 N–H and O–H groups in total. The lowest BCUT2D eigenvalue weighted by molar-refractivity contribution is 0.0513. The molecule has 1 aromatic carbocycles. The Morgan fingerprint density at radius 2 is 1.87 bits per heavy atom. The molecule has 0 saturated heterocycles. The van der Waals surface area contributed by atoms with Crippen molar-refractivity contribution in [2.75, 3.05) is 13.7 Å². The Kier molecular flexibility index (Phi) is 6.71. The quantitative estimate of drug-likeness (QED) is 0.826. The minimum atomic E-state index is -0.499. The van der Waals surface area contributed by atoms with E-state index in [1.165, 1.54) is 0 Å². The zero-order valence-corrected chi connectivity index (χ0v) is 15.5. The fourth-order valence-corrected chi connectivity index (χ4v) is 2.11. The average Bonchev–Trinajstić information content (AvgIpc) is 2.42. The van der Waals surface area contributed by atoms with E-state index in [4.69, 9.17) is 21.1 Å². The first kappa shape index (κ1) is 19.6. The number of methoxy groups -OCH3 is 1. The van der Waals surface area contributed by atoms with E-state index in [1.54, 1.807) is 7.11 Å². The predicted octanol–water partition coefficient (Wildman–Crippen LogP) is 3.74. The van der Waals surface area contributed by atoms with Crippen molar-refractivity contribution >= 4 is 17.7 Å². The van der Waals surface area contributed by atoms with Crippen LogP contribution in [0.1, 0.15) is 40.2 Å². The Labute approximate surface area is 143 Å². The molecule has 1 amide bonds. The number of hydrogen-bond donors (Lipinski definition) is 2. The maximum absolute atomic E-state index is 11.7. The van der Waals surface area contributed by atoms with Gasteiger partial charge in [0.2, 0.25) is 0 Å². The molecule has 23 heavy (non-hydrogen) atoms. The third kappa shape index (κ3) is 7.57. The van der Waals surface area contributed by atoms with Crippen LogP contribution in [-0.4, -0.2) is 30.9 Å². The number of hydrogen-bond acceptors (Lipinski definition) is 4. The summed E-state index contributed by atoms with van der Waals surface area (Å²) >= 11 is 6.12. The van der Waals surface area contributed by atoms with Crippen LogP contribution in [0.25, 0.3) is 0 Å². The molecule has 0 aliphatic rings. The first-order valence-electron chi connectivity index (χ1n) is 7.57. The van der Waals surface area contributed by atoms with Gasteiger partial charge in [-0.05, 0) is 52.3 Å². The Morgan fingerprint density at radius 1 is 1.22 bits per heavy atom. The number of benzene rings is 1. The molecule has 0 radical (unpaired) electrons. The van der Waals surface area contributed by atoms with Crippen LogP contribution in [0.3, 0.4) is 0 Å². The molecule has 0 fully saturated rings. The highest BCUT2D eigenvalue weighted by atomic mass is 35.5. The topological polar surface area (TPSA) is 59.6 Å². The van der Waals surface area contributed by atoms with Crippen LogP contribution in [-0.2, 0) is 11.3 Å². The van der Waals surface area contributed by atoms with E-state index in [9.17, 15) is 4.79 Å². The summed E-state index contributed by atoms with van der Waals surface area (Å²) in [6.07, 6.45) is -0.417. The summed E-state index contributed by atoms with van der Waals surface area (Å²) in [6.45, 7) is 10.6. The van der Waals surface area contributed by atoms with E-state index in [1.807, 2.05) is 52.8 Å². The van der Waals surface area contributed by atoms with Gasteiger partial charge in [0.15, 0.2) is 0 Å². The molecule has 0 spiro atoms. The van der Waals surface area contributed by atoms with Gasteiger partial charge in [0.05, 0.1) is 12.1 Å². The van der Waals surface area contributed by atoms with Crippen LogP contribution in [0, 0.1) is 0 Å². The summed E-state index contributed by atoms with van der Waals surface area (Å²) in [5.41, 5.74) is 0.256. The molecule has 1 aromatic rings. The maximum Gasteiger partial charge on any atom is 0.407 e. The van der Waals surface area contributed by atoms with E-state index < -0.39 is 11.7 Å². The second-order valence-electron chi connectivity index (χ2n) is 7.06. The van der Waals surface area contributed by atoms with Gasteiger partial charge in [0, 0.05) is 18.6 Å². The number of halogens is 1. The molecular formula is C17H27ClN2O3. The molecule has 6 heteroatoms. The van der Waals surface area contributed by atoms with Crippen LogP contribution in [0.4, 0.5) is 4.79 Å². The summed E-state index contributed by atoms with van der Waals surface area (Å²) in [7, 11) is 1.59.